The van der Waals surface area contributed by atoms with Gasteiger partial charge in [0.15, 0.2) is 5.17 Å². The van der Waals surface area contributed by atoms with Crippen LogP contribution in [0.2, 0.25) is 0 Å². The number of nitrogens with zero attached hydrogens (tertiary/aromatic N) is 1. The molecule has 0 aromatic carbocycles. The van der Waals surface area contributed by atoms with Crippen molar-refractivity contribution < 1.29 is 0 Å². The highest BCUT2D eigenvalue weighted by atomic mass is 32.2. The predicted molar refractivity (Wildman–Crippen MR) is 73.0 cm³/mol. The van der Waals surface area contributed by atoms with E-state index < -0.39 is 0 Å². The molecule has 0 amide bonds. The summed E-state index contributed by atoms with van der Waals surface area (Å²) in [5.74, 6) is 3.70. The van der Waals surface area contributed by atoms with Gasteiger partial charge in [0, 0.05) is 18.3 Å². The molecule has 2 fully saturated rings. The Bertz CT molecular complexity index is 265. The Hall–Kier alpha value is -0.180. The topological polar surface area (TPSA) is 24.4 Å². The number of rotatable bonds is 2. The van der Waals surface area contributed by atoms with Crippen LogP contribution in [0, 0.1) is 17.8 Å². The summed E-state index contributed by atoms with van der Waals surface area (Å²) in [4.78, 5) is 4.77. The maximum absolute atomic E-state index is 4.77. The molecule has 4 unspecified atom stereocenters. The van der Waals surface area contributed by atoms with Crippen LogP contribution >= 0.6 is 11.8 Å². The Morgan fingerprint density at radius 2 is 2.06 bits per heavy atom. The molecule has 0 radical (unpaired) electrons. The molecule has 1 heterocycles. The first kappa shape index (κ1) is 12.3. The van der Waals surface area contributed by atoms with Gasteiger partial charge < -0.3 is 5.32 Å². The van der Waals surface area contributed by atoms with Crippen molar-refractivity contribution in [1.29, 1.82) is 0 Å². The van der Waals surface area contributed by atoms with Crippen LogP contribution < -0.4 is 5.32 Å². The van der Waals surface area contributed by atoms with Gasteiger partial charge in [-0.25, -0.2) is 0 Å². The number of aliphatic imine (C=N–C) groups is 1. The molecule has 1 aliphatic heterocycles. The molecule has 2 aliphatic rings. The van der Waals surface area contributed by atoms with Gasteiger partial charge in [-0.3, -0.25) is 4.99 Å². The lowest BCUT2D eigenvalue weighted by atomic mass is 9.99. The fraction of sp³-hybridized carbons (Fsp3) is 0.923. The summed E-state index contributed by atoms with van der Waals surface area (Å²) in [6.07, 6.45) is 4.20. The zero-order valence-corrected chi connectivity index (χ0v) is 11.5. The largest absolute Gasteiger partial charge is 0.362 e. The molecule has 4 atom stereocenters. The van der Waals surface area contributed by atoms with E-state index in [1.54, 1.807) is 0 Å². The minimum absolute atomic E-state index is 0.584. The first-order valence-electron chi connectivity index (χ1n) is 6.60. The van der Waals surface area contributed by atoms with Gasteiger partial charge in [0.05, 0.1) is 0 Å². The maximum atomic E-state index is 4.77. The maximum Gasteiger partial charge on any atom is 0.156 e. The quantitative estimate of drug-likeness (QED) is 0.802. The Kier molecular flexibility index (Phi) is 4.17. The average Bonchev–Trinajstić information content (AvgIpc) is 2.66. The summed E-state index contributed by atoms with van der Waals surface area (Å²) >= 11 is 1.90. The summed E-state index contributed by atoms with van der Waals surface area (Å²) in [6, 6.07) is 0.584. The van der Waals surface area contributed by atoms with Crippen LogP contribution in [0.25, 0.3) is 0 Å². The molecule has 0 aromatic rings. The van der Waals surface area contributed by atoms with Gasteiger partial charge in [-0.15, -0.1) is 0 Å². The zero-order chi connectivity index (χ0) is 11.5. The molecular formula is C13H24N2S. The molecule has 0 aromatic heterocycles. The number of hydrogen-bond acceptors (Lipinski definition) is 2. The second-order valence-electron chi connectivity index (χ2n) is 5.54. The van der Waals surface area contributed by atoms with E-state index in [9.17, 15) is 0 Å². The monoisotopic (exact) mass is 240 g/mol. The Balaban J connectivity index is 1.83. The van der Waals surface area contributed by atoms with Crippen molar-refractivity contribution in [2.75, 3.05) is 12.3 Å². The van der Waals surface area contributed by atoms with Crippen LogP contribution in [0.4, 0.5) is 0 Å². The third kappa shape index (κ3) is 2.93. The fourth-order valence-corrected chi connectivity index (χ4v) is 3.66. The van der Waals surface area contributed by atoms with Crippen LogP contribution in [0.5, 0.6) is 0 Å². The minimum atomic E-state index is 0.584. The van der Waals surface area contributed by atoms with E-state index in [0.717, 1.165) is 24.3 Å². The van der Waals surface area contributed by atoms with Gasteiger partial charge >= 0.3 is 0 Å². The lowest BCUT2D eigenvalue weighted by Gasteiger charge is -2.28. The smallest absolute Gasteiger partial charge is 0.156 e. The molecule has 1 saturated carbocycles. The molecular weight excluding hydrogens is 216 g/mol. The first-order valence-corrected chi connectivity index (χ1v) is 7.59. The van der Waals surface area contributed by atoms with E-state index in [4.69, 9.17) is 4.99 Å². The van der Waals surface area contributed by atoms with E-state index in [2.05, 4.69) is 26.1 Å². The van der Waals surface area contributed by atoms with E-state index in [1.165, 1.54) is 30.2 Å². The molecule has 0 spiro atoms. The summed E-state index contributed by atoms with van der Waals surface area (Å²) in [5, 5.41) is 4.70. The SMILES string of the molecule is CC1CCCC1CN=C1NC(C)C(C)CS1. The van der Waals surface area contributed by atoms with Gasteiger partial charge in [-0.1, -0.05) is 38.5 Å². The molecule has 3 heteroatoms. The van der Waals surface area contributed by atoms with E-state index in [0.29, 0.717) is 6.04 Å². The molecule has 2 rings (SSSR count). The van der Waals surface area contributed by atoms with E-state index >= 15 is 0 Å². The van der Waals surface area contributed by atoms with E-state index in [1.807, 2.05) is 11.8 Å². The first-order chi connectivity index (χ1) is 7.66. The standard InChI is InChI=1S/C13H24N2S/c1-9-5-4-6-12(9)7-14-13-15-11(3)10(2)8-16-13/h9-12H,4-8H2,1-3H3,(H,14,15). The Morgan fingerprint density at radius 1 is 1.25 bits per heavy atom. The van der Waals surface area contributed by atoms with Crippen molar-refractivity contribution in [2.45, 2.75) is 46.1 Å². The zero-order valence-electron chi connectivity index (χ0n) is 10.7. The second kappa shape index (κ2) is 5.44. The fourth-order valence-electron chi connectivity index (χ4n) is 2.52. The minimum Gasteiger partial charge on any atom is -0.362 e. The second-order valence-corrected chi connectivity index (χ2v) is 6.54. The van der Waals surface area contributed by atoms with Crippen LogP contribution in [-0.4, -0.2) is 23.5 Å². The summed E-state index contributed by atoms with van der Waals surface area (Å²) in [6.45, 7) is 7.99. The third-order valence-corrected chi connectivity index (χ3v) is 5.41. The highest BCUT2D eigenvalue weighted by molar-refractivity contribution is 8.13. The van der Waals surface area contributed by atoms with Crippen LogP contribution in [0.1, 0.15) is 40.0 Å². The average molecular weight is 240 g/mol. The predicted octanol–water partition coefficient (Wildman–Crippen LogP) is 3.14. The molecule has 0 bridgehead atoms. The highest BCUT2D eigenvalue weighted by Crippen LogP contribution is 2.31. The lowest BCUT2D eigenvalue weighted by Crippen LogP contribution is -2.41. The summed E-state index contributed by atoms with van der Waals surface area (Å²) in [5.41, 5.74) is 0. The van der Waals surface area contributed by atoms with Crippen molar-refractivity contribution in [3.63, 3.8) is 0 Å². The van der Waals surface area contributed by atoms with Crippen molar-refractivity contribution in [1.82, 2.24) is 5.32 Å². The highest BCUT2D eigenvalue weighted by Gasteiger charge is 2.24. The van der Waals surface area contributed by atoms with Crippen LogP contribution in [-0.2, 0) is 0 Å². The van der Waals surface area contributed by atoms with Crippen molar-refractivity contribution in [3.8, 4) is 0 Å². The van der Waals surface area contributed by atoms with E-state index in [-0.39, 0.29) is 0 Å². The summed E-state index contributed by atoms with van der Waals surface area (Å²) in [7, 11) is 0. The molecule has 16 heavy (non-hydrogen) atoms. The lowest BCUT2D eigenvalue weighted by molar-refractivity contribution is 0.428. The van der Waals surface area contributed by atoms with Crippen molar-refractivity contribution in [3.05, 3.63) is 0 Å². The summed E-state index contributed by atoms with van der Waals surface area (Å²) < 4.78 is 0. The molecule has 1 aliphatic carbocycles. The number of amidine groups is 1. The molecule has 1 N–H and O–H groups in total. The number of hydrogen-bond donors (Lipinski definition) is 1. The van der Waals surface area contributed by atoms with Gasteiger partial charge in [0.25, 0.3) is 0 Å². The van der Waals surface area contributed by atoms with Gasteiger partial charge in [0.2, 0.25) is 0 Å². The number of nitrogens with one attached hydrogen (secondary N) is 1. The normalized spacial score (nSPS) is 42.3. The molecule has 92 valence electrons. The van der Waals surface area contributed by atoms with Crippen LogP contribution in [0.3, 0.4) is 0 Å². The third-order valence-electron chi connectivity index (χ3n) is 4.20. The van der Waals surface area contributed by atoms with Crippen LogP contribution in [0.15, 0.2) is 4.99 Å². The Labute approximate surface area is 104 Å². The molecule has 1 saturated heterocycles. The number of thioether (sulfide) groups is 1. The van der Waals surface area contributed by atoms with Gasteiger partial charge in [0.1, 0.15) is 0 Å². The Morgan fingerprint density at radius 3 is 2.69 bits per heavy atom. The van der Waals surface area contributed by atoms with Gasteiger partial charge in [-0.2, -0.15) is 0 Å². The van der Waals surface area contributed by atoms with Crippen molar-refractivity contribution in [2.24, 2.45) is 22.7 Å². The van der Waals surface area contributed by atoms with Crippen molar-refractivity contribution >= 4 is 16.9 Å². The van der Waals surface area contributed by atoms with Gasteiger partial charge in [-0.05, 0) is 31.1 Å². The molecule has 2 nitrogen and oxygen atoms in total.